The van der Waals surface area contributed by atoms with Crippen molar-refractivity contribution < 1.29 is 49.0 Å². The first-order chi connectivity index (χ1) is 15.0. The molecule has 1 heterocycles. The largest absolute Gasteiger partial charge is 0.468 e. The van der Waals surface area contributed by atoms with Crippen LogP contribution in [0.15, 0.2) is 42.7 Å². The molecule has 33 heavy (non-hydrogen) atoms. The van der Waals surface area contributed by atoms with Crippen LogP contribution < -0.4 is 19.7 Å². The first-order valence-corrected chi connectivity index (χ1v) is 8.68. The van der Waals surface area contributed by atoms with Crippen LogP contribution in [0.1, 0.15) is 5.56 Å². The minimum atomic E-state index is -4.75. The minimum absolute atomic E-state index is 0.0792. The lowest BCUT2D eigenvalue weighted by Gasteiger charge is -2.23. The fourth-order valence-corrected chi connectivity index (χ4v) is 2.16. The number of nitrogens with one attached hydrogen (secondary N) is 1. The Bertz CT molecular complexity index is 921. The van der Waals surface area contributed by atoms with E-state index < -0.39 is 55.0 Å². The summed E-state index contributed by atoms with van der Waals surface area (Å²) in [5, 5.41) is 2.42. The molecule has 0 aliphatic heterocycles. The van der Waals surface area contributed by atoms with Gasteiger partial charge in [0.25, 0.3) is 0 Å². The molecule has 0 fully saturated rings. The van der Waals surface area contributed by atoms with Gasteiger partial charge in [0, 0.05) is 12.7 Å². The third-order valence-corrected chi connectivity index (χ3v) is 3.69. The first kappa shape index (κ1) is 25.9. The van der Waals surface area contributed by atoms with Gasteiger partial charge in [0.15, 0.2) is 13.2 Å². The second kappa shape index (κ2) is 9.62. The summed E-state index contributed by atoms with van der Waals surface area (Å²) in [6.07, 6.45) is -14.1. The third-order valence-electron chi connectivity index (χ3n) is 3.69. The smallest absolute Gasteiger partial charge is 0.422 e. The van der Waals surface area contributed by atoms with Crippen LogP contribution in [0.4, 0.5) is 51.1 Å². The zero-order chi connectivity index (χ0) is 25.0. The molecule has 1 N–H and O–H groups in total. The Morgan fingerprint density at radius 3 is 1.73 bits per heavy atom. The maximum atomic E-state index is 12.7. The summed E-state index contributed by atoms with van der Waals surface area (Å²) in [6, 6.07) is 4.49. The van der Waals surface area contributed by atoms with E-state index in [4.69, 9.17) is 0 Å². The molecule has 0 atom stereocenters. The number of rotatable bonds is 8. The van der Waals surface area contributed by atoms with Gasteiger partial charge in [-0.3, -0.25) is 0 Å². The molecule has 0 saturated heterocycles. The molecule has 0 amide bonds. The van der Waals surface area contributed by atoms with Gasteiger partial charge in [0.1, 0.15) is 5.82 Å². The topological polar surface area (TPSA) is 59.5 Å². The Morgan fingerprint density at radius 1 is 0.879 bits per heavy atom. The molecule has 1 aromatic heterocycles. The predicted octanol–water partition coefficient (Wildman–Crippen LogP) is 5.40. The molecule has 1 aromatic carbocycles. The maximum Gasteiger partial charge on any atom is 0.422 e. The fourth-order valence-electron chi connectivity index (χ4n) is 2.16. The van der Waals surface area contributed by atoms with Gasteiger partial charge in [-0.15, -0.1) is 0 Å². The van der Waals surface area contributed by atoms with Crippen molar-refractivity contribution in [3.05, 3.63) is 48.3 Å². The number of halogens is 9. The minimum Gasteiger partial charge on any atom is -0.468 e. The van der Waals surface area contributed by atoms with E-state index in [-0.39, 0.29) is 11.5 Å². The van der Waals surface area contributed by atoms with Crippen LogP contribution in [-0.2, 0) is 6.18 Å². The summed E-state index contributed by atoms with van der Waals surface area (Å²) < 4.78 is 121. The molecule has 15 heteroatoms. The van der Waals surface area contributed by atoms with Gasteiger partial charge in [0.2, 0.25) is 17.7 Å². The van der Waals surface area contributed by atoms with Crippen molar-refractivity contribution in [1.82, 2.24) is 9.97 Å². The highest BCUT2D eigenvalue weighted by Crippen LogP contribution is 2.31. The Morgan fingerprint density at radius 2 is 1.33 bits per heavy atom. The number of alkyl halides is 9. The summed E-state index contributed by atoms with van der Waals surface area (Å²) in [5.41, 5.74) is -0.680. The van der Waals surface area contributed by atoms with Crippen molar-refractivity contribution in [2.75, 3.05) is 30.5 Å². The molecule has 0 aliphatic rings. The SMILES string of the molecule is C=C(Nc1nc(OCC(F)(F)F)cc(OCC(F)(F)F)n1)N(C)c1ccc(C(F)(F)F)cc1. The average molecular weight is 490 g/mol. The van der Waals surface area contributed by atoms with Gasteiger partial charge in [-0.05, 0) is 24.3 Å². The molecule has 6 nitrogen and oxygen atoms in total. The third kappa shape index (κ3) is 8.57. The zero-order valence-corrected chi connectivity index (χ0v) is 16.6. The summed E-state index contributed by atoms with van der Waals surface area (Å²) >= 11 is 0. The van der Waals surface area contributed by atoms with Crippen molar-refractivity contribution in [3.8, 4) is 11.8 Å². The molecule has 182 valence electrons. The van der Waals surface area contributed by atoms with Crippen LogP contribution >= 0.6 is 0 Å². The van der Waals surface area contributed by atoms with Crippen LogP contribution in [0.3, 0.4) is 0 Å². The predicted molar refractivity (Wildman–Crippen MR) is 97.7 cm³/mol. The standard InChI is InChI=1S/C18H15F9N4O2/c1-10(31(2)12-5-3-11(4-6-12)18(25,26)27)28-15-29-13(32-8-16(19,20)21)7-14(30-15)33-9-17(22,23)24/h3-7H,1,8-9H2,2H3,(H,28,29,30). The summed E-state index contributed by atoms with van der Waals surface area (Å²) in [6.45, 7) is 0.0319. The summed E-state index contributed by atoms with van der Waals surface area (Å²) in [7, 11) is 1.38. The molecule has 2 aromatic rings. The van der Waals surface area contributed by atoms with Crippen molar-refractivity contribution in [1.29, 1.82) is 0 Å². The zero-order valence-electron chi connectivity index (χ0n) is 16.6. The first-order valence-electron chi connectivity index (χ1n) is 8.68. The van der Waals surface area contributed by atoms with E-state index in [1.54, 1.807) is 0 Å². The number of hydrogen-bond donors (Lipinski definition) is 1. The van der Waals surface area contributed by atoms with Crippen LogP contribution in [0.25, 0.3) is 0 Å². The highest BCUT2D eigenvalue weighted by molar-refractivity contribution is 5.55. The van der Waals surface area contributed by atoms with E-state index in [0.717, 1.165) is 24.3 Å². The van der Waals surface area contributed by atoms with E-state index in [2.05, 4.69) is 31.3 Å². The Kier molecular flexibility index (Phi) is 7.54. The Labute approximate surface area is 180 Å². The number of hydrogen-bond acceptors (Lipinski definition) is 6. The molecule has 2 rings (SSSR count). The van der Waals surface area contributed by atoms with Crippen molar-refractivity contribution >= 4 is 11.6 Å². The lowest BCUT2D eigenvalue weighted by molar-refractivity contribution is -0.154. The fraction of sp³-hybridized carbons (Fsp3) is 0.333. The van der Waals surface area contributed by atoms with E-state index in [9.17, 15) is 39.5 Å². The number of benzene rings is 1. The van der Waals surface area contributed by atoms with Gasteiger partial charge >= 0.3 is 18.5 Å². The number of aromatic nitrogens is 2. The van der Waals surface area contributed by atoms with Crippen molar-refractivity contribution in [2.45, 2.75) is 18.5 Å². The van der Waals surface area contributed by atoms with Crippen LogP contribution in [0.2, 0.25) is 0 Å². The molecular weight excluding hydrogens is 475 g/mol. The lowest BCUT2D eigenvalue weighted by Crippen LogP contribution is -2.24. The van der Waals surface area contributed by atoms with Gasteiger partial charge in [-0.1, -0.05) is 6.58 Å². The maximum absolute atomic E-state index is 12.7. The molecule has 0 spiro atoms. The Balaban J connectivity index is 2.21. The highest BCUT2D eigenvalue weighted by atomic mass is 19.4. The highest BCUT2D eigenvalue weighted by Gasteiger charge is 2.31. The van der Waals surface area contributed by atoms with Crippen LogP contribution in [-0.4, -0.2) is 42.6 Å². The Hall–Kier alpha value is -3.39. The van der Waals surface area contributed by atoms with E-state index >= 15 is 0 Å². The number of nitrogens with zero attached hydrogens (tertiary/aromatic N) is 3. The van der Waals surface area contributed by atoms with Gasteiger partial charge in [-0.2, -0.15) is 49.5 Å². The summed E-state index contributed by atoms with van der Waals surface area (Å²) in [4.78, 5) is 8.44. The quantitative estimate of drug-likeness (QED) is 0.501. The van der Waals surface area contributed by atoms with Crippen LogP contribution in [0.5, 0.6) is 11.8 Å². The second-order valence-corrected chi connectivity index (χ2v) is 6.35. The average Bonchev–Trinajstić information content (AvgIpc) is 2.68. The molecular formula is C18H15F9N4O2. The monoisotopic (exact) mass is 490 g/mol. The van der Waals surface area contributed by atoms with Crippen LogP contribution in [0, 0.1) is 0 Å². The molecule has 0 aliphatic carbocycles. The van der Waals surface area contributed by atoms with Crippen molar-refractivity contribution in [3.63, 3.8) is 0 Å². The van der Waals surface area contributed by atoms with Crippen molar-refractivity contribution in [2.24, 2.45) is 0 Å². The van der Waals surface area contributed by atoms with Gasteiger partial charge < -0.3 is 19.7 Å². The lowest BCUT2D eigenvalue weighted by atomic mass is 10.2. The summed E-state index contributed by atoms with van der Waals surface area (Å²) in [5.74, 6) is -2.10. The van der Waals surface area contributed by atoms with E-state index in [0.29, 0.717) is 6.07 Å². The van der Waals surface area contributed by atoms with Gasteiger partial charge in [0.05, 0.1) is 11.6 Å². The number of anilines is 2. The van der Waals surface area contributed by atoms with Gasteiger partial charge in [-0.25, -0.2) is 0 Å². The number of ether oxygens (including phenoxy) is 2. The molecule has 0 saturated carbocycles. The normalized spacial score (nSPS) is 12.3. The molecule has 0 unspecified atom stereocenters. The molecule has 0 radical (unpaired) electrons. The van der Waals surface area contributed by atoms with E-state index in [1.807, 2.05) is 0 Å². The molecule has 0 bridgehead atoms. The van der Waals surface area contributed by atoms with E-state index in [1.165, 1.54) is 11.9 Å². The second-order valence-electron chi connectivity index (χ2n) is 6.35.